The van der Waals surface area contributed by atoms with Crippen LogP contribution in [0.15, 0.2) is 48.7 Å². The van der Waals surface area contributed by atoms with Gasteiger partial charge in [0.15, 0.2) is 0 Å². The number of nitrogens with zero attached hydrogens (tertiary/aromatic N) is 2. The number of hydrogen-bond acceptors (Lipinski definition) is 5. The molecular weight excluding hydrogens is 308 g/mol. The molecule has 3 rings (SSSR count). The number of pyridine rings is 1. The number of hydrogen-bond donors (Lipinski definition) is 0. The zero-order valence-electron chi connectivity index (χ0n) is 13.4. The molecule has 0 aliphatic rings. The Labute approximate surface area is 138 Å². The number of aromatic nitrogens is 1. The topological polar surface area (TPSA) is 74.5 Å². The molecule has 0 aliphatic carbocycles. The number of methoxy groups -OCH3 is 1. The average molecular weight is 324 g/mol. The van der Waals surface area contributed by atoms with E-state index >= 15 is 0 Å². The van der Waals surface area contributed by atoms with Crippen molar-refractivity contribution in [1.29, 1.82) is 0 Å². The molecule has 0 spiro atoms. The van der Waals surface area contributed by atoms with Gasteiger partial charge in [-0.1, -0.05) is 12.1 Å². The van der Waals surface area contributed by atoms with Gasteiger partial charge in [-0.3, -0.25) is 10.1 Å². The fraction of sp³-hybridized carbons (Fsp3) is 0.167. The first-order valence-corrected chi connectivity index (χ1v) is 7.38. The molecule has 0 amide bonds. The molecule has 0 bridgehead atoms. The first-order valence-electron chi connectivity index (χ1n) is 7.38. The second-order valence-electron chi connectivity index (χ2n) is 5.36. The second-order valence-corrected chi connectivity index (χ2v) is 5.36. The molecule has 0 atom stereocenters. The van der Waals surface area contributed by atoms with E-state index in [9.17, 15) is 10.1 Å². The van der Waals surface area contributed by atoms with Crippen LogP contribution in [0.4, 0.5) is 5.69 Å². The first-order chi connectivity index (χ1) is 11.6. The standard InChI is InChI=1S/C18H16N2O4/c1-12-7-8-19-18-16(12)9-15(10-17(18)20(21)22)24-11-13-3-5-14(23-2)6-4-13/h3-10H,11H2,1-2H3. The van der Waals surface area contributed by atoms with E-state index < -0.39 is 4.92 Å². The number of aryl methyl sites for hydroxylation is 1. The van der Waals surface area contributed by atoms with Crippen molar-refractivity contribution in [2.45, 2.75) is 13.5 Å². The fourth-order valence-corrected chi connectivity index (χ4v) is 2.45. The number of benzene rings is 2. The molecule has 6 nitrogen and oxygen atoms in total. The molecule has 0 aliphatic heterocycles. The summed E-state index contributed by atoms with van der Waals surface area (Å²) in [5.41, 5.74) is 2.18. The minimum Gasteiger partial charge on any atom is -0.497 e. The Hall–Kier alpha value is -3.15. The second kappa shape index (κ2) is 6.54. The van der Waals surface area contributed by atoms with Gasteiger partial charge in [0, 0.05) is 11.6 Å². The lowest BCUT2D eigenvalue weighted by Gasteiger charge is -2.09. The molecule has 122 valence electrons. The van der Waals surface area contributed by atoms with Crippen LogP contribution in [0.25, 0.3) is 10.9 Å². The average Bonchev–Trinajstić information content (AvgIpc) is 2.60. The lowest BCUT2D eigenvalue weighted by Crippen LogP contribution is -1.98. The van der Waals surface area contributed by atoms with E-state index in [0.717, 1.165) is 22.3 Å². The van der Waals surface area contributed by atoms with Crippen LogP contribution >= 0.6 is 0 Å². The van der Waals surface area contributed by atoms with Gasteiger partial charge in [-0.25, -0.2) is 4.98 Å². The number of rotatable bonds is 5. The lowest BCUT2D eigenvalue weighted by molar-refractivity contribution is -0.383. The Balaban J connectivity index is 1.91. The summed E-state index contributed by atoms with van der Waals surface area (Å²) in [5.74, 6) is 1.21. The summed E-state index contributed by atoms with van der Waals surface area (Å²) in [6.45, 7) is 2.20. The molecule has 1 heterocycles. The summed E-state index contributed by atoms with van der Waals surface area (Å²) in [4.78, 5) is 15.0. The number of ether oxygens (including phenoxy) is 2. The van der Waals surface area contributed by atoms with Gasteiger partial charge in [0.05, 0.1) is 18.1 Å². The summed E-state index contributed by atoms with van der Waals surface area (Å²) in [5, 5.41) is 12.0. The van der Waals surface area contributed by atoms with Crippen LogP contribution in [0.5, 0.6) is 11.5 Å². The Morgan fingerprint density at radius 3 is 2.54 bits per heavy atom. The third-order valence-electron chi connectivity index (χ3n) is 3.78. The van der Waals surface area contributed by atoms with Crippen molar-refractivity contribution in [3.63, 3.8) is 0 Å². The summed E-state index contributed by atoms with van der Waals surface area (Å²) < 4.78 is 10.9. The van der Waals surface area contributed by atoms with Gasteiger partial charge >= 0.3 is 0 Å². The van der Waals surface area contributed by atoms with E-state index in [2.05, 4.69) is 4.98 Å². The molecule has 24 heavy (non-hydrogen) atoms. The van der Waals surface area contributed by atoms with E-state index in [1.165, 1.54) is 6.07 Å². The van der Waals surface area contributed by atoms with Gasteiger partial charge in [-0.05, 0) is 42.3 Å². The summed E-state index contributed by atoms with van der Waals surface area (Å²) in [7, 11) is 1.61. The van der Waals surface area contributed by atoms with E-state index in [1.54, 1.807) is 19.4 Å². The highest BCUT2D eigenvalue weighted by Gasteiger charge is 2.17. The smallest absolute Gasteiger partial charge is 0.299 e. The minimum atomic E-state index is -0.436. The van der Waals surface area contributed by atoms with Gasteiger partial charge in [0.1, 0.15) is 23.6 Å². The highest BCUT2D eigenvalue weighted by atomic mass is 16.6. The van der Waals surface area contributed by atoms with E-state index in [4.69, 9.17) is 9.47 Å². The van der Waals surface area contributed by atoms with E-state index in [-0.39, 0.29) is 5.69 Å². The monoisotopic (exact) mass is 324 g/mol. The van der Waals surface area contributed by atoms with Crippen molar-refractivity contribution in [3.05, 3.63) is 69.9 Å². The van der Waals surface area contributed by atoms with Crippen molar-refractivity contribution in [3.8, 4) is 11.5 Å². The fourth-order valence-electron chi connectivity index (χ4n) is 2.45. The zero-order chi connectivity index (χ0) is 17.1. The maximum Gasteiger partial charge on any atom is 0.299 e. The molecule has 0 N–H and O–H groups in total. The molecule has 1 aromatic heterocycles. The van der Waals surface area contributed by atoms with Crippen LogP contribution in [0.1, 0.15) is 11.1 Å². The number of non-ortho nitro benzene ring substituents is 1. The maximum absolute atomic E-state index is 11.3. The van der Waals surface area contributed by atoms with E-state index in [1.807, 2.05) is 37.3 Å². The normalized spacial score (nSPS) is 10.6. The van der Waals surface area contributed by atoms with Crippen LogP contribution in [0.3, 0.4) is 0 Å². The molecule has 2 aromatic carbocycles. The Bertz CT molecular complexity index is 891. The van der Waals surface area contributed by atoms with Gasteiger partial charge in [-0.2, -0.15) is 0 Å². The quantitative estimate of drug-likeness (QED) is 0.523. The van der Waals surface area contributed by atoms with Crippen molar-refractivity contribution in [2.24, 2.45) is 0 Å². The largest absolute Gasteiger partial charge is 0.497 e. The third-order valence-corrected chi connectivity index (χ3v) is 3.78. The third kappa shape index (κ3) is 3.12. The van der Waals surface area contributed by atoms with Crippen molar-refractivity contribution < 1.29 is 14.4 Å². The van der Waals surface area contributed by atoms with Crippen LogP contribution < -0.4 is 9.47 Å². The summed E-state index contributed by atoms with van der Waals surface area (Å²) >= 11 is 0. The Morgan fingerprint density at radius 1 is 1.12 bits per heavy atom. The predicted octanol–water partition coefficient (Wildman–Crippen LogP) is 4.04. The van der Waals surface area contributed by atoms with Crippen molar-refractivity contribution in [1.82, 2.24) is 4.98 Å². The molecule has 0 saturated carbocycles. The molecule has 6 heteroatoms. The highest BCUT2D eigenvalue weighted by Crippen LogP contribution is 2.31. The lowest BCUT2D eigenvalue weighted by atomic mass is 10.1. The molecular formula is C18H16N2O4. The van der Waals surface area contributed by atoms with Crippen LogP contribution in [-0.2, 0) is 6.61 Å². The van der Waals surface area contributed by atoms with Gasteiger partial charge in [0.2, 0.25) is 0 Å². The predicted molar refractivity (Wildman–Crippen MR) is 90.5 cm³/mol. The van der Waals surface area contributed by atoms with Crippen LogP contribution in [0.2, 0.25) is 0 Å². The Kier molecular flexibility index (Phi) is 4.29. The maximum atomic E-state index is 11.3. The van der Waals surface area contributed by atoms with Crippen LogP contribution in [0, 0.1) is 17.0 Å². The first kappa shape index (κ1) is 15.7. The van der Waals surface area contributed by atoms with Crippen molar-refractivity contribution >= 4 is 16.6 Å². The van der Waals surface area contributed by atoms with Crippen LogP contribution in [-0.4, -0.2) is 17.0 Å². The highest BCUT2D eigenvalue weighted by molar-refractivity contribution is 5.90. The molecule has 0 radical (unpaired) electrons. The minimum absolute atomic E-state index is 0.0547. The number of nitro groups is 1. The Morgan fingerprint density at radius 2 is 1.88 bits per heavy atom. The van der Waals surface area contributed by atoms with Gasteiger partial charge in [0.25, 0.3) is 5.69 Å². The number of fused-ring (bicyclic) bond motifs is 1. The summed E-state index contributed by atoms with van der Waals surface area (Å²) in [6, 6.07) is 12.5. The summed E-state index contributed by atoms with van der Waals surface area (Å²) in [6.07, 6.45) is 1.57. The van der Waals surface area contributed by atoms with Gasteiger partial charge < -0.3 is 9.47 Å². The van der Waals surface area contributed by atoms with Crippen molar-refractivity contribution in [2.75, 3.05) is 7.11 Å². The molecule has 0 unspecified atom stereocenters. The zero-order valence-corrected chi connectivity index (χ0v) is 13.4. The van der Waals surface area contributed by atoms with Gasteiger partial charge in [-0.15, -0.1) is 0 Å². The SMILES string of the molecule is COc1ccc(COc2cc([N+](=O)[O-])c3nccc(C)c3c2)cc1. The molecule has 0 fully saturated rings. The molecule has 3 aromatic rings. The number of nitro benzene ring substituents is 1. The molecule has 0 saturated heterocycles. The van der Waals surface area contributed by atoms with E-state index in [0.29, 0.717) is 17.9 Å².